The molecule has 0 amide bonds. The van der Waals surface area contributed by atoms with Crippen molar-refractivity contribution < 1.29 is 14.3 Å². The number of para-hydroxylation sites is 1. The minimum absolute atomic E-state index is 0.353. The fraction of sp³-hybridized carbons (Fsp3) is 0.348. The van der Waals surface area contributed by atoms with Crippen LogP contribution in [0.1, 0.15) is 47.9 Å². The molecule has 0 aliphatic rings. The van der Waals surface area contributed by atoms with Crippen molar-refractivity contribution >= 4 is 0 Å². The van der Waals surface area contributed by atoms with Crippen LogP contribution in [0.4, 0.5) is 0 Å². The lowest BCUT2D eigenvalue weighted by atomic mass is 10.0. The van der Waals surface area contributed by atoms with Gasteiger partial charge < -0.3 is 14.3 Å². The maximum absolute atomic E-state index is 9.88. The third kappa shape index (κ3) is 5.61. The maximum atomic E-state index is 9.88. The van der Waals surface area contributed by atoms with Crippen molar-refractivity contribution in [3.63, 3.8) is 0 Å². The Bertz CT molecular complexity index is 830. The van der Waals surface area contributed by atoms with Gasteiger partial charge in [-0.15, -0.1) is 0 Å². The molecule has 4 nitrogen and oxygen atoms in total. The molecule has 0 bridgehead atoms. The topological polar surface area (TPSA) is 55.5 Å². The summed E-state index contributed by atoms with van der Waals surface area (Å²) in [5, 5.41) is 9.88. The second-order valence-corrected chi connectivity index (χ2v) is 6.28. The van der Waals surface area contributed by atoms with E-state index in [1.807, 2.05) is 77.1 Å². The average Bonchev–Trinajstić information content (AvgIpc) is 3.01. The monoisotopic (exact) mass is 367 g/mol. The zero-order valence-electron chi connectivity index (χ0n) is 16.9. The highest BCUT2D eigenvalue weighted by Gasteiger charge is 2.12. The van der Waals surface area contributed by atoms with Gasteiger partial charge in [0.05, 0.1) is 12.3 Å². The summed E-state index contributed by atoms with van der Waals surface area (Å²) in [7, 11) is 0. The van der Waals surface area contributed by atoms with Gasteiger partial charge in [-0.25, -0.2) is 4.98 Å². The number of rotatable bonds is 6. The molecule has 144 valence electrons. The minimum Gasteiger partial charge on any atom is -0.507 e. The van der Waals surface area contributed by atoms with Gasteiger partial charge >= 0.3 is 0 Å². The first-order chi connectivity index (χ1) is 13.0. The Labute approximate surface area is 161 Å². The summed E-state index contributed by atoms with van der Waals surface area (Å²) in [5.41, 5.74) is 3.75. The quantitative estimate of drug-likeness (QED) is 0.621. The standard InChI is InChI=1S/C21H23NO3.C2H6/c1-14-11-17(12-15(2)21(14)23)13-20-22-19(16(3)25-20)9-10-24-18-7-5-4-6-8-18;1-2/h4-8,11-12,23H,9-10,13H2,1-3H3;1-2H3. The van der Waals surface area contributed by atoms with Crippen LogP contribution in [-0.4, -0.2) is 16.7 Å². The summed E-state index contributed by atoms with van der Waals surface area (Å²) in [6, 6.07) is 13.7. The number of aromatic nitrogens is 1. The van der Waals surface area contributed by atoms with Crippen molar-refractivity contribution in [2.75, 3.05) is 6.61 Å². The summed E-state index contributed by atoms with van der Waals surface area (Å²) in [5.74, 6) is 2.74. The van der Waals surface area contributed by atoms with Gasteiger partial charge in [0.1, 0.15) is 17.3 Å². The molecule has 0 unspecified atom stereocenters. The van der Waals surface area contributed by atoms with Gasteiger partial charge in [-0.3, -0.25) is 0 Å². The van der Waals surface area contributed by atoms with Crippen molar-refractivity contribution in [2.24, 2.45) is 0 Å². The van der Waals surface area contributed by atoms with E-state index in [1.165, 1.54) is 0 Å². The number of aryl methyl sites for hydroxylation is 3. The second-order valence-electron chi connectivity index (χ2n) is 6.28. The molecule has 3 rings (SSSR count). The Morgan fingerprint density at radius 2 is 1.63 bits per heavy atom. The molecule has 0 aliphatic carbocycles. The summed E-state index contributed by atoms with van der Waals surface area (Å²) in [6.45, 7) is 10.3. The van der Waals surface area contributed by atoms with E-state index in [1.54, 1.807) is 0 Å². The molecule has 1 aromatic heterocycles. The second kappa shape index (κ2) is 9.81. The predicted molar refractivity (Wildman–Crippen MR) is 109 cm³/mol. The number of nitrogens with zero attached hydrogens (tertiary/aromatic N) is 1. The van der Waals surface area contributed by atoms with E-state index in [4.69, 9.17) is 9.15 Å². The number of ether oxygens (including phenoxy) is 1. The molecule has 0 aliphatic heterocycles. The number of aromatic hydroxyl groups is 1. The van der Waals surface area contributed by atoms with Crippen LogP contribution in [0.2, 0.25) is 0 Å². The fourth-order valence-electron chi connectivity index (χ4n) is 2.90. The van der Waals surface area contributed by atoms with E-state index < -0.39 is 0 Å². The van der Waals surface area contributed by atoms with Crippen LogP contribution in [0.3, 0.4) is 0 Å². The van der Waals surface area contributed by atoms with Gasteiger partial charge in [0.25, 0.3) is 0 Å². The summed E-state index contributed by atoms with van der Waals surface area (Å²) in [6.07, 6.45) is 1.32. The number of hydrogen-bond acceptors (Lipinski definition) is 4. The van der Waals surface area contributed by atoms with Crippen LogP contribution >= 0.6 is 0 Å². The molecule has 0 radical (unpaired) electrons. The van der Waals surface area contributed by atoms with Crippen LogP contribution in [0.25, 0.3) is 0 Å². The molecule has 27 heavy (non-hydrogen) atoms. The van der Waals surface area contributed by atoms with E-state index >= 15 is 0 Å². The van der Waals surface area contributed by atoms with Crippen molar-refractivity contribution in [1.82, 2.24) is 4.98 Å². The first-order valence-electron chi connectivity index (χ1n) is 9.45. The van der Waals surface area contributed by atoms with E-state index in [0.717, 1.165) is 33.9 Å². The molecular weight excluding hydrogens is 338 g/mol. The highest BCUT2D eigenvalue weighted by molar-refractivity contribution is 5.42. The molecule has 2 aromatic carbocycles. The van der Waals surface area contributed by atoms with Crippen LogP contribution in [0, 0.1) is 20.8 Å². The van der Waals surface area contributed by atoms with Crippen molar-refractivity contribution in [2.45, 2.75) is 47.5 Å². The zero-order chi connectivity index (χ0) is 19.8. The van der Waals surface area contributed by atoms with E-state index in [9.17, 15) is 5.11 Å². The highest BCUT2D eigenvalue weighted by Crippen LogP contribution is 2.24. The van der Waals surface area contributed by atoms with Crippen molar-refractivity contribution in [1.29, 1.82) is 0 Å². The molecule has 3 aromatic rings. The molecule has 1 heterocycles. The van der Waals surface area contributed by atoms with Gasteiger partial charge in [-0.2, -0.15) is 0 Å². The Hall–Kier alpha value is -2.75. The molecule has 0 saturated carbocycles. The SMILES string of the molecule is CC.Cc1cc(Cc2nc(CCOc3ccccc3)c(C)o2)cc(C)c1O. The van der Waals surface area contributed by atoms with Crippen molar-refractivity contribution in [3.05, 3.63) is 76.5 Å². The third-order valence-corrected chi connectivity index (χ3v) is 4.19. The summed E-state index contributed by atoms with van der Waals surface area (Å²) < 4.78 is 11.5. The Kier molecular flexibility index (Phi) is 7.47. The van der Waals surface area contributed by atoms with Crippen LogP contribution < -0.4 is 4.74 Å². The first kappa shape index (κ1) is 20.6. The van der Waals surface area contributed by atoms with E-state index in [0.29, 0.717) is 31.1 Å². The summed E-state index contributed by atoms with van der Waals surface area (Å²) in [4.78, 5) is 4.61. The Morgan fingerprint density at radius 3 is 2.26 bits per heavy atom. The van der Waals surface area contributed by atoms with Gasteiger partial charge in [0, 0.05) is 12.8 Å². The van der Waals surface area contributed by atoms with Crippen molar-refractivity contribution in [3.8, 4) is 11.5 Å². The normalized spacial score (nSPS) is 10.3. The lowest BCUT2D eigenvalue weighted by Gasteiger charge is -2.06. The Morgan fingerprint density at radius 1 is 1.00 bits per heavy atom. The first-order valence-corrected chi connectivity index (χ1v) is 9.45. The van der Waals surface area contributed by atoms with Gasteiger partial charge in [0.15, 0.2) is 5.89 Å². The average molecular weight is 367 g/mol. The molecule has 0 saturated heterocycles. The molecule has 4 heteroatoms. The van der Waals surface area contributed by atoms with Crippen LogP contribution in [0.15, 0.2) is 46.9 Å². The largest absolute Gasteiger partial charge is 0.507 e. The maximum Gasteiger partial charge on any atom is 0.199 e. The van der Waals surface area contributed by atoms with Gasteiger partial charge in [-0.05, 0) is 49.6 Å². The zero-order valence-corrected chi connectivity index (χ0v) is 16.9. The molecule has 0 spiro atoms. The van der Waals surface area contributed by atoms with Crippen LogP contribution in [0.5, 0.6) is 11.5 Å². The van der Waals surface area contributed by atoms with Gasteiger partial charge in [-0.1, -0.05) is 44.2 Å². The van der Waals surface area contributed by atoms with E-state index in [2.05, 4.69) is 4.98 Å². The third-order valence-electron chi connectivity index (χ3n) is 4.19. The molecule has 0 atom stereocenters. The van der Waals surface area contributed by atoms with E-state index in [-0.39, 0.29) is 0 Å². The lowest BCUT2D eigenvalue weighted by molar-refractivity contribution is 0.320. The smallest absolute Gasteiger partial charge is 0.199 e. The number of phenolic OH excluding ortho intramolecular Hbond substituents is 1. The number of hydrogen-bond donors (Lipinski definition) is 1. The van der Waals surface area contributed by atoms with Gasteiger partial charge in [0.2, 0.25) is 0 Å². The summed E-state index contributed by atoms with van der Waals surface area (Å²) >= 11 is 0. The van der Waals surface area contributed by atoms with Crippen LogP contribution in [-0.2, 0) is 12.8 Å². The predicted octanol–water partition coefficient (Wildman–Crippen LogP) is 5.54. The molecule has 0 fully saturated rings. The number of phenols is 1. The molecule has 1 N–H and O–H groups in total. The highest BCUT2D eigenvalue weighted by atomic mass is 16.5. The minimum atomic E-state index is 0.353. The lowest BCUT2D eigenvalue weighted by Crippen LogP contribution is -2.02. The Balaban J connectivity index is 0.00000126. The number of benzene rings is 2. The number of oxazole rings is 1. The molecular formula is C23H29NO3. The fourth-order valence-corrected chi connectivity index (χ4v) is 2.90.